The molecule has 0 saturated heterocycles. The fourth-order valence-corrected chi connectivity index (χ4v) is 0.599. The lowest BCUT2D eigenvalue weighted by Crippen LogP contribution is -2.43. The van der Waals surface area contributed by atoms with E-state index in [-0.39, 0.29) is 19.1 Å². The number of rotatable bonds is 5. The second-order valence-electron chi connectivity index (χ2n) is 2.60. The minimum absolute atomic E-state index is 0.0447. The SMILES string of the molecule is CC[C@@H](N)C(=O)NCC(O)CO. The van der Waals surface area contributed by atoms with Crippen molar-refractivity contribution in [1.29, 1.82) is 0 Å². The number of hydrogen-bond acceptors (Lipinski definition) is 4. The summed E-state index contributed by atoms with van der Waals surface area (Å²) in [6.07, 6.45) is -0.348. The van der Waals surface area contributed by atoms with Crippen LogP contribution in [0.4, 0.5) is 0 Å². The summed E-state index contributed by atoms with van der Waals surface area (Å²) in [5.41, 5.74) is 5.39. The van der Waals surface area contributed by atoms with Crippen LogP contribution in [-0.4, -0.2) is 41.4 Å². The predicted molar refractivity (Wildman–Crippen MR) is 44.4 cm³/mol. The highest BCUT2D eigenvalue weighted by Crippen LogP contribution is 1.85. The molecule has 0 rings (SSSR count). The molecule has 0 aliphatic heterocycles. The van der Waals surface area contributed by atoms with Gasteiger partial charge in [0.2, 0.25) is 5.91 Å². The maximum Gasteiger partial charge on any atom is 0.236 e. The van der Waals surface area contributed by atoms with Gasteiger partial charge in [-0.25, -0.2) is 0 Å². The van der Waals surface area contributed by atoms with Gasteiger partial charge < -0.3 is 21.3 Å². The fraction of sp³-hybridized carbons (Fsp3) is 0.857. The summed E-state index contributed by atoms with van der Waals surface area (Å²) >= 11 is 0. The van der Waals surface area contributed by atoms with Crippen LogP contribution in [-0.2, 0) is 4.79 Å². The quantitative estimate of drug-likeness (QED) is 0.397. The van der Waals surface area contributed by atoms with Crippen molar-refractivity contribution in [2.45, 2.75) is 25.5 Å². The number of carbonyl (C=O) groups is 1. The van der Waals surface area contributed by atoms with E-state index in [1.54, 1.807) is 6.92 Å². The van der Waals surface area contributed by atoms with Gasteiger partial charge >= 0.3 is 0 Å². The molecule has 0 radical (unpaired) electrons. The Labute approximate surface area is 71.6 Å². The summed E-state index contributed by atoms with van der Waals surface area (Å²) in [6, 6.07) is -0.532. The van der Waals surface area contributed by atoms with Crippen LogP contribution in [0.3, 0.4) is 0 Å². The molecule has 0 aliphatic carbocycles. The second-order valence-corrected chi connectivity index (χ2v) is 2.60. The van der Waals surface area contributed by atoms with E-state index in [1.807, 2.05) is 0 Å². The number of hydrogen-bond donors (Lipinski definition) is 4. The number of carbonyl (C=O) groups excluding carboxylic acids is 1. The largest absolute Gasteiger partial charge is 0.394 e. The van der Waals surface area contributed by atoms with Gasteiger partial charge in [-0.2, -0.15) is 0 Å². The normalized spacial score (nSPS) is 15.3. The monoisotopic (exact) mass is 176 g/mol. The van der Waals surface area contributed by atoms with Crippen LogP contribution in [0.5, 0.6) is 0 Å². The Balaban J connectivity index is 3.56. The number of aliphatic hydroxyl groups is 2. The van der Waals surface area contributed by atoms with Crippen LogP contribution >= 0.6 is 0 Å². The summed E-state index contributed by atoms with van der Waals surface area (Å²) in [7, 11) is 0. The summed E-state index contributed by atoms with van der Waals surface area (Å²) < 4.78 is 0. The van der Waals surface area contributed by atoms with Crippen molar-refractivity contribution in [3.8, 4) is 0 Å². The van der Waals surface area contributed by atoms with E-state index in [2.05, 4.69) is 5.32 Å². The first-order valence-corrected chi connectivity index (χ1v) is 3.94. The highest BCUT2D eigenvalue weighted by atomic mass is 16.3. The van der Waals surface area contributed by atoms with E-state index in [1.165, 1.54) is 0 Å². The van der Waals surface area contributed by atoms with Gasteiger partial charge in [0.1, 0.15) is 0 Å². The molecule has 0 aromatic carbocycles. The molecular formula is C7H16N2O3. The van der Waals surface area contributed by atoms with Crippen molar-refractivity contribution in [2.75, 3.05) is 13.2 Å². The van der Waals surface area contributed by atoms with Crippen molar-refractivity contribution in [3.05, 3.63) is 0 Å². The average molecular weight is 176 g/mol. The molecule has 12 heavy (non-hydrogen) atoms. The van der Waals surface area contributed by atoms with Gasteiger partial charge in [-0.05, 0) is 6.42 Å². The first-order chi connectivity index (χ1) is 5.61. The van der Waals surface area contributed by atoms with E-state index in [0.29, 0.717) is 6.42 Å². The van der Waals surface area contributed by atoms with Crippen molar-refractivity contribution in [2.24, 2.45) is 5.73 Å². The second kappa shape index (κ2) is 5.93. The molecule has 1 unspecified atom stereocenters. The minimum atomic E-state index is -0.905. The molecule has 5 heteroatoms. The van der Waals surface area contributed by atoms with Gasteiger partial charge in [-0.15, -0.1) is 0 Å². The summed E-state index contributed by atoms with van der Waals surface area (Å²) in [4.78, 5) is 11.0. The molecule has 1 amide bonds. The third-order valence-corrected chi connectivity index (χ3v) is 1.50. The molecule has 0 fully saturated rings. The molecule has 0 aromatic rings. The zero-order chi connectivity index (χ0) is 9.56. The van der Waals surface area contributed by atoms with E-state index in [4.69, 9.17) is 15.9 Å². The first-order valence-electron chi connectivity index (χ1n) is 3.94. The van der Waals surface area contributed by atoms with Crippen molar-refractivity contribution in [3.63, 3.8) is 0 Å². The van der Waals surface area contributed by atoms with Crippen LogP contribution in [0.1, 0.15) is 13.3 Å². The summed E-state index contributed by atoms with van der Waals surface area (Å²) in [5, 5.41) is 19.7. The molecule has 5 N–H and O–H groups in total. The Hall–Kier alpha value is -0.650. The van der Waals surface area contributed by atoms with Crippen LogP contribution in [0.2, 0.25) is 0 Å². The molecule has 2 atom stereocenters. The molecule has 5 nitrogen and oxygen atoms in total. The van der Waals surface area contributed by atoms with Crippen LogP contribution in [0.25, 0.3) is 0 Å². The molecule has 72 valence electrons. The molecule has 0 bridgehead atoms. The van der Waals surface area contributed by atoms with Gasteiger partial charge in [0.15, 0.2) is 0 Å². The fourth-order valence-electron chi connectivity index (χ4n) is 0.599. The Kier molecular flexibility index (Phi) is 5.61. The van der Waals surface area contributed by atoms with Crippen molar-refractivity contribution < 1.29 is 15.0 Å². The lowest BCUT2D eigenvalue weighted by molar-refractivity contribution is -0.122. The van der Waals surface area contributed by atoms with Gasteiger partial charge in [0, 0.05) is 6.54 Å². The van der Waals surface area contributed by atoms with Crippen LogP contribution < -0.4 is 11.1 Å². The Bertz CT molecular complexity index is 141. The lowest BCUT2D eigenvalue weighted by Gasteiger charge is -2.12. The molecule has 0 saturated carbocycles. The number of aliphatic hydroxyl groups excluding tert-OH is 2. The van der Waals surface area contributed by atoms with Gasteiger partial charge in [-0.3, -0.25) is 4.79 Å². The van der Waals surface area contributed by atoms with Crippen LogP contribution in [0.15, 0.2) is 0 Å². The van der Waals surface area contributed by atoms with Crippen LogP contribution in [0, 0.1) is 0 Å². The van der Waals surface area contributed by atoms with E-state index in [9.17, 15) is 4.79 Å². The first kappa shape index (κ1) is 11.4. The number of amides is 1. The lowest BCUT2D eigenvalue weighted by atomic mass is 10.2. The molecule has 0 aromatic heterocycles. The van der Waals surface area contributed by atoms with Crippen molar-refractivity contribution in [1.82, 2.24) is 5.32 Å². The minimum Gasteiger partial charge on any atom is -0.394 e. The maximum absolute atomic E-state index is 11.0. The Morgan fingerprint density at radius 3 is 2.67 bits per heavy atom. The molecule has 0 heterocycles. The zero-order valence-corrected chi connectivity index (χ0v) is 7.16. The number of nitrogens with one attached hydrogen (secondary N) is 1. The molecule has 0 aliphatic rings. The summed E-state index contributed by atoms with van der Waals surface area (Å²) in [6.45, 7) is 1.48. The summed E-state index contributed by atoms with van der Waals surface area (Å²) in [5.74, 6) is -0.301. The highest BCUT2D eigenvalue weighted by molar-refractivity contribution is 5.81. The molecule has 0 spiro atoms. The van der Waals surface area contributed by atoms with Gasteiger partial charge in [0.25, 0.3) is 0 Å². The Morgan fingerprint density at radius 2 is 2.25 bits per heavy atom. The Morgan fingerprint density at radius 1 is 1.67 bits per heavy atom. The van der Waals surface area contributed by atoms with Gasteiger partial charge in [0.05, 0.1) is 18.8 Å². The van der Waals surface area contributed by atoms with E-state index in [0.717, 1.165) is 0 Å². The van der Waals surface area contributed by atoms with E-state index >= 15 is 0 Å². The zero-order valence-electron chi connectivity index (χ0n) is 7.16. The van der Waals surface area contributed by atoms with Gasteiger partial charge in [-0.1, -0.05) is 6.92 Å². The maximum atomic E-state index is 11.0. The highest BCUT2D eigenvalue weighted by Gasteiger charge is 2.11. The third-order valence-electron chi connectivity index (χ3n) is 1.50. The predicted octanol–water partition coefficient (Wildman–Crippen LogP) is -1.81. The standard InChI is InChI=1S/C7H16N2O3/c1-2-6(8)7(12)9-3-5(11)4-10/h5-6,10-11H,2-4,8H2,1H3,(H,9,12)/t5?,6-/m1/s1. The van der Waals surface area contributed by atoms with Crippen molar-refractivity contribution >= 4 is 5.91 Å². The number of nitrogens with two attached hydrogens (primary N) is 1. The third kappa shape index (κ3) is 4.27. The smallest absolute Gasteiger partial charge is 0.236 e. The topological polar surface area (TPSA) is 95.6 Å². The average Bonchev–Trinajstić information content (AvgIpc) is 2.11. The van der Waals surface area contributed by atoms with E-state index < -0.39 is 12.1 Å². The molecular weight excluding hydrogens is 160 g/mol.